The van der Waals surface area contributed by atoms with E-state index >= 15 is 0 Å². The van der Waals surface area contributed by atoms with Crippen LogP contribution in [0.4, 0.5) is 5.69 Å². The zero-order valence-electron chi connectivity index (χ0n) is 16.8. The topological polar surface area (TPSA) is 105 Å². The Labute approximate surface area is 170 Å². The summed E-state index contributed by atoms with van der Waals surface area (Å²) < 4.78 is 5.36. The van der Waals surface area contributed by atoms with Gasteiger partial charge in [-0.05, 0) is 42.3 Å². The van der Waals surface area contributed by atoms with Crippen LogP contribution in [0.25, 0.3) is 0 Å². The highest BCUT2D eigenvalue weighted by Crippen LogP contribution is 2.29. The molecule has 29 heavy (non-hydrogen) atoms. The lowest BCUT2D eigenvalue weighted by Crippen LogP contribution is -2.33. The average molecular weight is 398 g/mol. The third-order valence-corrected chi connectivity index (χ3v) is 4.47. The molecule has 0 bridgehead atoms. The van der Waals surface area contributed by atoms with E-state index in [1.54, 1.807) is 31.4 Å². The van der Waals surface area contributed by atoms with Gasteiger partial charge in [-0.2, -0.15) is 0 Å². The third-order valence-electron chi connectivity index (χ3n) is 4.47. The van der Waals surface area contributed by atoms with Crippen molar-refractivity contribution >= 4 is 23.5 Å². The molecule has 0 radical (unpaired) electrons. The van der Waals surface area contributed by atoms with Gasteiger partial charge < -0.3 is 20.5 Å². The molecule has 2 amide bonds. The largest absolute Gasteiger partial charge is 0.496 e. The Bertz CT molecular complexity index is 875. The highest BCUT2D eigenvalue weighted by Gasteiger charge is 2.29. The van der Waals surface area contributed by atoms with E-state index < -0.39 is 11.4 Å². The number of hydrogen-bond acceptors (Lipinski definition) is 4. The van der Waals surface area contributed by atoms with E-state index in [0.29, 0.717) is 17.7 Å². The van der Waals surface area contributed by atoms with Gasteiger partial charge in [0, 0.05) is 23.2 Å². The van der Waals surface area contributed by atoms with Crippen LogP contribution in [0.5, 0.6) is 5.75 Å². The van der Waals surface area contributed by atoms with Gasteiger partial charge in [-0.1, -0.05) is 32.0 Å². The Morgan fingerprint density at radius 3 is 2.31 bits per heavy atom. The molecule has 0 heterocycles. The summed E-state index contributed by atoms with van der Waals surface area (Å²) in [7, 11) is 1.60. The Kier molecular flexibility index (Phi) is 7.36. The smallest absolute Gasteiger partial charge is 0.305 e. The summed E-state index contributed by atoms with van der Waals surface area (Å²) in [5, 5.41) is 14.0. The van der Waals surface area contributed by atoms with Crippen LogP contribution >= 0.6 is 0 Å². The van der Waals surface area contributed by atoms with Crippen molar-refractivity contribution < 1.29 is 24.2 Å². The van der Waals surface area contributed by atoms with E-state index in [2.05, 4.69) is 10.6 Å². The monoisotopic (exact) mass is 398 g/mol. The molecule has 7 nitrogen and oxygen atoms in total. The first-order valence-electron chi connectivity index (χ1n) is 9.26. The number of carboxylic acid groups (broad SMARTS) is 1. The first-order chi connectivity index (χ1) is 13.7. The molecule has 2 aromatic carbocycles. The summed E-state index contributed by atoms with van der Waals surface area (Å²) in [4.78, 5) is 35.3. The summed E-state index contributed by atoms with van der Waals surface area (Å²) in [5.41, 5.74) is 1.23. The van der Waals surface area contributed by atoms with Crippen molar-refractivity contribution in [2.75, 3.05) is 19.0 Å². The molecular formula is C22H26N2O5. The highest BCUT2D eigenvalue weighted by atomic mass is 16.5. The molecule has 2 rings (SSSR count). The summed E-state index contributed by atoms with van der Waals surface area (Å²) in [6.45, 7) is 3.78. The summed E-state index contributed by atoms with van der Waals surface area (Å²) >= 11 is 0. The van der Waals surface area contributed by atoms with Crippen LogP contribution in [0.1, 0.15) is 36.2 Å². The molecule has 0 fully saturated rings. The number of para-hydroxylation sites is 1. The van der Waals surface area contributed by atoms with E-state index in [-0.39, 0.29) is 24.8 Å². The summed E-state index contributed by atoms with van der Waals surface area (Å²) in [6.07, 6.45) is 0.369. The van der Waals surface area contributed by atoms with Gasteiger partial charge in [-0.25, -0.2) is 0 Å². The van der Waals surface area contributed by atoms with Gasteiger partial charge in [0.15, 0.2) is 0 Å². The molecule has 0 aliphatic rings. The van der Waals surface area contributed by atoms with Crippen molar-refractivity contribution in [3.05, 3.63) is 59.7 Å². The second-order valence-corrected chi connectivity index (χ2v) is 7.30. The maximum atomic E-state index is 12.8. The van der Waals surface area contributed by atoms with Crippen LogP contribution in [0, 0.1) is 5.41 Å². The molecule has 0 aliphatic heterocycles. The highest BCUT2D eigenvalue weighted by molar-refractivity contribution is 5.97. The number of carbonyl (C=O) groups excluding carboxylic acids is 2. The van der Waals surface area contributed by atoms with Crippen LogP contribution in [-0.2, 0) is 16.0 Å². The summed E-state index contributed by atoms with van der Waals surface area (Å²) in [5.74, 6) is -0.742. The normalized spacial score (nSPS) is 10.9. The van der Waals surface area contributed by atoms with Gasteiger partial charge in [-0.15, -0.1) is 0 Å². The molecular weight excluding hydrogens is 372 g/mol. The lowest BCUT2D eigenvalue weighted by atomic mass is 9.84. The molecule has 154 valence electrons. The van der Waals surface area contributed by atoms with Crippen LogP contribution in [0.2, 0.25) is 0 Å². The molecule has 3 N–H and O–H groups in total. The van der Waals surface area contributed by atoms with Crippen molar-refractivity contribution in [3.63, 3.8) is 0 Å². The number of carbonyl (C=O) groups is 3. The van der Waals surface area contributed by atoms with Gasteiger partial charge in [-0.3, -0.25) is 14.4 Å². The average Bonchev–Trinajstić information content (AvgIpc) is 2.68. The second-order valence-electron chi connectivity index (χ2n) is 7.30. The minimum atomic E-state index is -0.973. The number of hydrogen-bond donors (Lipinski definition) is 3. The van der Waals surface area contributed by atoms with E-state index in [4.69, 9.17) is 9.84 Å². The minimum Gasteiger partial charge on any atom is -0.496 e. The fraction of sp³-hybridized carbons (Fsp3) is 0.318. The first kappa shape index (κ1) is 21.9. The molecule has 0 spiro atoms. The van der Waals surface area contributed by atoms with Crippen LogP contribution in [0.15, 0.2) is 48.5 Å². The zero-order chi connectivity index (χ0) is 21.4. The predicted molar refractivity (Wildman–Crippen MR) is 110 cm³/mol. The maximum absolute atomic E-state index is 12.8. The third kappa shape index (κ3) is 6.34. The van der Waals surface area contributed by atoms with Crippen LogP contribution in [0.3, 0.4) is 0 Å². The number of carboxylic acids is 1. The van der Waals surface area contributed by atoms with Gasteiger partial charge in [0.2, 0.25) is 5.91 Å². The number of benzene rings is 2. The molecule has 0 unspecified atom stereocenters. The van der Waals surface area contributed by atoms with E-state index in [1.807, 2.05) is 38.1 Å². The predicted octanol–water partition coefficient (Wildman–Crippen LogP) is 3.11. The molecule has 0 aliphatic carbocycles. The van der Waals surface area contributed by atoms with Crippen molar-refractivity contribution in [2.45, 2.75) is 26.7 Å². The first-order valence-corrected chi connectivity index (χ1v) is 9.26. The van der Waals surface area contributed by atoms with Crippen molar-refractivity contribution in [2.24, 2.45) is 5.41 Å². The fourth-order valence-electron chi connectivity index (χ4n) is 2.80. The Hall–Kier alpha value is -3.35. The molecule has 2 aromatic rings. The van der Waals surface area contributed by atoms with Gasteiger partial charge in [0.25, 0.3) is 5.91 Å². The number of rotatable bonds is 9. The fourth-order valence-corrected chi connectivity index (χ4v) is 2.80. The van der Waals surface area contributed by atoms with Crippen LogP contribution < -0.4 is 15.4 Å². The van der Waals surface area contributed by atoms with Crippen molar-refractivity contribution in [1.29, 1.82) is 0 Å². The maximum Gasteiger partial charge on any atom is 0.305 e. The molecule has 0 saturated heterocycles. The molecule has 0 saturated carbocycles. The van der Waals surface area contributed by atoms with E-state index in [1.165, 1.54) is 0 Å². The standard InChI is InChI=1S/C22H26N2O5/c1-22(2,14-16-6-4-5-7-18(16)29-3)21(28)24-17-10-8-15(9-11-17)20(27)23-13-12-19(25)26/h4-11H,12-14H2,1-3H3,(H,23,27)(H,24,28)(H,25,26). The molecule has 7 heteroatoms. The van der Waals surface area contributed by atoms with Crippen LogP contribution in [-0.4, -0.2) is 36.5 Å². The summed E-state index contributed by atoms with van der Waals surface area (Å²) in [6, 6.07) is 14.0. The number of amides is 2. The number of ether oxygens (including phenoxy) is 1. The SMILES string of the molecule is COc1ccccc1CC(C)(C)C(=O)Nc1ccc(C(=O)NCCC(=O)O)cc1. The number of methoxy groups -OCH3 is 1. The molecule has 0 aromatic heterocycles. The lowest BCUT2D eigenvalue weighted by molar-refractivity contribution is -0.136. The number of aliphatic carboxylic acids is 1. The van der Waals surface area contributed by atoms with Gasteiger partial charge in [0.05, 0.1) is 13.5 Å². The Morgan fingerprint density at radius 2 is 1.69 bits per heavy atom. The Morgan fingerprint density at radius 1 is 1.03 bits per heavy atom. The van der Waals surface area contributed by atoms with Crippen molar-refractivity contribution in [1.82, 2.24) is 5.32 Å². The van der Waals surface area contributed by atoms with Gasteiger partial charge >= 0.3 is 5.97 Å². The lowest BCUT2D eigenvalue weighted by Gasteiger charge is -2.24. The number of anilines is 1. The minimum absolute atomic E-state index is 0.0593. The van der Waals surface area contributed by atoms with Crippen molar-refractivity contribution in [3.8, 4) is 5.75 Å². The van der Waals surface area contributed by atoms with E-state index in [9.17, 15) is 14.4 Å². The van der Waals surface area contributed by atoms with E-state index in [0.717, 1.165) is 11.3 Å². The number of nitrogens with one attached hydrogen (secondary N) is 2. The zero-order valence-corrected chi connectivity index (χ0v) is 16.8. The second kappa shape index (κ2) is 9.73. The quantitative estimate of drug-likeness (QED) is 0.602. The Balaban J connectivity index is 1.98. The molecule has 0 atom stereocenters. The van der Waals surface area contributed by atoms with Gasteiger partial charge in [0.1, 0.15) is 5.75 Å².